The molecule has 1 N–H and O–H groups in total. The Hall–Kier alpha value is -2.86. The van der Waals surface area contributed by atoms with E-state index in [9.17, 15) is 9.59 Å². The fraction of sp³-hybridized carbons (Fsp3) is 0.111. The fourth-order valence-corrected chi connectivity index (χ4v) is 3.55. The third-order valence-corrected chi connectivity index (χ3v) is 4.68. The summed E-state index contributed by atoms with van der Waals surface area (Å²) in [7, 11) is 0. The first kappa shape index (κ1) is 14.7. The summed E-state index contributed by atoms with van der Waals surface area (Å²) >= 11 is 1.40. The molecule has 0 bridgehead atoms. The molecule has 0 atom stereocenters. The molecule has 3 heterocycles. The van der Waals surface area contributed by atoms with Crippen LogP contribution in [-0.2, 0) is 4.74 Å². The van der Waals surface area contributed by atoms with Crippen LogP contribution in [0.15, 0.2) is 51.0 Å². The zero-order chi connectivity index (χ0) is 16.7. The summed E-state index contributed by atoms with van der Waals surface area (Å²) in [6.07, 6.45) is 0. The van der Waals surface area contributed by atoms with Crippen molar-refractivity contribution in [1.29, 1.82) is 0 Å². The first-order chi connectivity index (χ1) is 11.7. The molecule has 24 heavy (non-hydrogen) atoms. The zero-order valence-corrected chi connectivity index (χ0v) is 13.6. The lowest BCUT2D eigenvalue weighted by atomic mass is 10.1. The van der Waals surface area contributed by atoms with E-state index in [1.54, 1.807) is 6.92 Å². The Labute approximate surface area is 140 Å². The van der Waals surface area contributed by atoms with Crippen LogP contribution in [0.5, 0.6) is 0 Å². The minimum Gasteiger partial charge on any atom is -0.462 e. The second-order valence-corrected chi connectivity index (χ2v) is 6.16. The van der Waals surface area contributed by atoms with Crippen molar-refractivity contribution in [3.63, 3.8) is 0 Å². The van der Waals surface area contributed by atoms with Crippen LogP contribution in [0.2, 0.25) is 0 Å². The van der Waals surface area contributed by atoms with Gasteiger partial charge in [-0.2, -0.15) is 0 Å². The number of hydrogen-bond donors (Lipinski definition) is 1. The number of aromatic nitrogens is 1. The lowest BCUT2D eigenvalue weighted by molar-refractivity contribution is 0.0527. The number of carbonyl (C=O) groups is 1. The number of ether oxygens (including phenoxy) is 1. The van der Waals surface area contributed by atoms with Gasteiger partial charge in [0.25, 0.3) is 0 Å². The van der Waals surface area contributed by atoms with Gasteiger partial charge in [-0.25, -0.2) is 9.59 Å². The van der Waals surface area contributed by atoms with E-state index >= 15 is 0 Å². The number of thiophene rings is 1. The highest BCUT2D eigenvalue weighted by Crippen LogP contribution is 2.35. The third-order valence-electron chi connectivity index (χ3n) is 3.81. The molecule has 120 valence electrons. The molecular weight excluding hydrogens is 326 g/mol. The topological polar surface area (TPSA) is 72.3 Å². The Morgan fingerprint density at radius 3 is 2.83 bits per heavy atom. The number of para-hydroxylation sites is 1. The van der Waals surface area contributed by atoms with Crippen molar-refractivity contribution in [2.45, 2.75) is 6.92 Å². The molecule has 0 unspecified atom stereocenters. The highest BCUT2D eigenvalue weighted by molar-refractivity contribution is 7.13. The molecule has 0 aliphatic heterocycles. The molecule has 4 aromatic rings. The van der Waals surface area contributed by atoms with Crippen molar-refractivity contribution in [2.75, 3.05) is 6.61 Å². The average Bonchev–Trinajstić information content (AvgIpc) is 3.23. The Morgan fingerprint density at radius 1 is 1.25 bits per heavy atom. The molecule has 0 fully saturated rings. The normalized spacial score (nSPS) is 11.2. The molecule has 6 heteroatoms. The summed E-state index contributed by atoms with van der Waals surface area (Å²) in [5.74, 6) is -0.245. The molecule has 0 aliphatic carbocycles. The third kappa shape index (κ3) is 2.15. The van der Waals surface area contributed by atoms with Gasteiger partial charge in [-0.15, -0.1) is 11.3 Å². The lowest BCUT2D eigenvalue weighted by Crippen LogP contribution is -2.11. The molecule has 3 aromatic heterocycles. The van der Waals surface area contributed by atoms with E-state index in [-0.39, 0.29) is 23.4 Å². The maximum absolute atomic E-state index is 12.6. The highest BCUT2D eigenvalue weighted by Gasteiger charge is 2.25. The van der Waals surface area contributed by atoms with Crippen LogP contribution in [-0.4, -0.2) is 17.6 Å². The standard InChI is InChI=1S/C18H13NO4S/c1-2-22-17(20)14-13-10-6-3-4-7-11(10)19-15(13)18(21)23-16(14)12-8-5-9-24-12/h3-9,19H,2H2,1H3. The summed E-state index contributed by atoms with van der Waals surface area (Å²) in [5.41, 5.74) is 0.831. The van der Waals surface area contributed by atoms with Gasteiger partial charge in [0.15, 0.2) is 5.76 Å². The highest BCUT2D eigenvalue weighted by atomic mass is 32.1. The van der Waals surface area contributed by atoms with E-state index in [0.29, 0.717) is 10.3 Å². The molecule has 1 aromatic carbocycles. The van der Waals surface area contributed by atoms with Gasteiger partial charge in [0.2, 0.25) is 0 Å². The number of hydrogen-bond acceptors (Lipinski definition) is 5. The van der Waals surface area contributed by atoms with E-state index in [1.807, 2.05) is 41.8 Å². The Kier molecular flexibility index (Phi) is 3.46. The number of fused-ring (bicyclic) bond motifs is 3. The smallest absolute Gasteiger partial charge is 0.360 e. The van der Waals surface area contributed by atoms with Crippen molar-refractivity contribution in [3.8, 4) is 10.6 Å². The van der Waals surface area contributed by atoms with Crippen LogP contribution in [0, 0.1) is 0 Å². The van der Waals surface area contributed by atoms with Crippen molar-refractivity contribution in [3.05, 3.63) is 57.8 Å². The van der Waals surface area contributed by atoms with Crippen LogP contribution in [0.1, 0.15) is 17.3 Å². The average molecular weight is 339 g/mol. The fourth-order valence-electron chi connectivity index (χ4n) is 2.84. The number of carbonyl (C=O) groups excluding carboxylic acids is 1. The van der Waals surface area contributed by atoms with E-state index < -0.39 is 11.6 Å². The van der Waals surface area contributed by atoms with Gasteiger partial charge in [0, 0.05) is 16.3 Å². The van der Waals surface area contributed by atoms with Crippen LogP contribution in [0.4, 0.5) is 0 Å². The summed E-state index contributed by atoms with van der Waals surface area (Å²) in [6.45, 7) is 1.99. The van der Waals surface area contributed by atoms with Crippen LogP contribution >= 0.6 is 11.3 Å². The number of H-pyrrole nitrogens is 1. The summed E-state index contributed by atoms with van der Waals surface area (Å²) in [4.78, 5) is 28.8. The molecule has 0 aliphatic rings. The molecule has 0 saturated carbocycles. The lowest BCUT2D eigenvalue weighted by Gasteiger charge is -2.08. The van der Waals surface area contributed by atoms with Gasteiger partial charge in [0.05, 0.1) is 11.5 Å². The maximum atomic E-state index is 12.6. The number of nitrogens with one attached hydrogen (secondary N) is 1. The van der Waals surface area contributed by atoms with Gasteiger partial charge < -0.3 is 14.1 Å². The summed E-state index contributed by atoms with van der Waals surface area (Å²) in [5, 5.41) is 3.20. The molecule has 0 amide bonds. The zero-order valence-electron chi connectivity index (χ0n) is 12.8. The Balaban J connectivity index is 2.19. The summed E-state index contributed by atoms with van der Waals surface area (Å²) in [6, 6.07) is 11.1. The van der Waals surface area contributed by atoms with E-state index in [0.717, 1.165) is 10.9 Å². The van der Waals surface area contributed by atoms with Gasteiger partial charge in [-0.05, 0) is 24.4 Å². The molecular formula is C18H13NO4S. The number of esters is 1. The van der Waals surface area contributed by atoms with Gasteiger partial charge >= 0.3 is 11.6 Å². The Bertz CT molecular complexity index is 1110. The van der Waals surface area contributed by atoms with Crippen LogP contribution < -0.4 is 5.63 Å². The number of aromatic amines is 1. The van der Waals surface area contributed by atoms with Gasteiger partial charge in [-0.1, -0.05) is 24.3 Å². The molecule has 0 radical (unpaired) electrons. The summed E-state index contributed by atoms with van der Waals surface area (Å²) < 4.78 is 10.7. The van der Waals surface area contributed by atoms with E-state index in [4.69, 9.17) is 9.15 Å². The molecule has 0 saturated heterocycles. The molecule has 5 nitrogen and oxygen atoms in total. The second kappa shape index (κ2) is 5.65. The first-order valence-electron chi connectivity index (χ1n) is 7.49. The van der Waals surface area contributed by atoms with Crippen molar-refractivity contribution in [1.82, 2.24) is 4.98 Å². The number of benzene rings is 1. The predicted octanol–water partition coefficient (Wildman–Crippen LogP) is 4.18. The quantitative estimate of drug-likeness (QED) is 0.568. The predicted molar refractivity (Wildman–Crippen MR) is 93.6 cm³/mol. The largest absolute Gasteiger partial charge is 0.462 e. The monoisotopic (exact) mass is 339 g/mol. The number of rotatable bonds is 3. The van der Waals surface area contributed by atoms with E-state index in [1.165, 1.54) is 11.3 Å². The SMILES string of the molecule is CCOC(=O)c1c(-c2cccs2)oc(=O)c2[nH]c3ccccc3c12. The van der Waals surface area contributed by atoms with Crippen LogP contribution in [0.25, 0.3) is 32.4 Å². The minimum absolute atomic E-state index is 0.242. The molecule has 4 rings (SSSR count). The second-order valence-electron chi connectivity index (χ2n) is 5.21. The van der Waals surface area contributed by atoms with Crippen molar-refractivity contribution in [2.24, 2.45) is 0 Å². The Morgan fingerprint density at radius 2 is 2.08 bits per heavy atom. The minimum atomic E-state index is -0.502. The molecule has 0 spiro atoms. The van der Waals surface area contributed by atoms with E-state index in [2.05, 4.69) is 4.98 Å². The maximum Gasteiger partial charge on any atom is 0.360 e. The first-order valence-corrected chi connectivity index (χ1v) is 8.37. The van der Waals surface area contributed by atoms with Gasteiger partial charge in [-0.3, -0.25) is 0 Å². The van der Waals surface area contributed by atoms with Gasteiger partial charge in [0.1, 0.15) is 11.1 Å². The van der Waals surface area contributed by atoms with Crippen molar-refractivity contribution >= 4 is 39.1 Å². The van der Waals surface area contributed by atoms with Crippen molar-refractivity contribution < 1.29 is 13.9 Å². The van der Waals surface area contributed by atoms with Crippen LogP contribution in [0.3, 0.4) is 0 Å².